The predicted octanol–water partition coefficient (Wildman–Crippen LogP) is 4.86. The maximum absolute atomic E-state index is 14.4. The lowest BCUT2D eigenvalue weighted by Crippen LogP contribution is -2.16. The summed E-state index contributed by atoms with van der Waals surface area (Å²) in [4.78, 5) is 0.0133. The summed E-state index contributed by atoms with van der Waals surface area (Å²) >= 11 is 11.8. The van der Waals surface area contributed by atoms with Gasteiger partial charge in [0.05, 0.1) is 10.1 Å². The molecular formula is C18H19Cl2FO4S2. The Hall–Kier alpha value is -1.15. The average Bonchev–Trinajstić information content (AvgIpc) is 2.56. The molecule has 0 heterocycles. The molecule has 2 aromatic carbocycles. The summed E-state index contributed by atoms with van der Waals surface area (Å²) < 4.78 is 63.2. The van der Waals surface area contributed by atoms with E-state index in [1.54, 1.807) is 0 Å². The maximum Gasteiger partial charge on any atom is 0.185 e. The normalized spacial score (nSPS) is 13.5. The summed E-state index contributed by atoms with van der Waals surface area (Å²) in [7, 11) is -7.09. The first-order valence-electron chi connectivity index (χ1n) is 8.13. The summed E-state index contributed by atoms with van der Waals surface area (Å²) in [5.41, 5.74) is -0.0307. The summed E-state index contributed by atoms with van der Waals surface area (Å²) in [5, 5.41) is -0.580. The molecule has 1 atom stereocenters. The minimum absolute atomic E-state index is 0.0133. The van der Waals surface area contributed by atoms with Gasteiger partial charge in [0.2, 0.25) is 0 Å². The van der Waals surface area contributed by atoms with Gasteiger partial charge in [0.15, 0.2) is 9.84 Å². The predicted molar refractivity (Wildman–Crippen MR) is 106 cm³/mol. The molecule has 0 saturated heterocycles. The van der Waals surface area contributed by atoms with Gasteiger partial charge in [0.25, 0.3) is 0 Å². The van der Waals surface area contributed by atoms with E-state index >= 15 is 0 Å². The molecule has 0 saturated carbocycles. The Bertz CT molecular complexity index is 1000. The van der Waals surface area contributed by atoms with E-state index in [0.29, 0.717) is 11.4 Å². The Morgan fingerprint density at radius 3 is 2.11 bits per heavy atom. The van der Waals surface area contributed by atoms with E-state index in [1.807, 2.05) is 0 Å². The van der Waals surface area contributed by atoms with Crippen LogP contribution >= 0.6 is 23.2 Å². The number of rotatable bonds is 8. The van der Waals surface area contributed by atoms with Gasteiger partial charge in [-0.05, 0) is 55.3 Å². The second-order valence-electron chi connectivity index (χ2n) is 6.28. The topological polar surface area (TPSA) is 68.3 Å². The van der Waals surface area contributed by atoms with Crippen molar-refractivity contribution in [1.82, 2.24) is 0 Å². The van der Waals surface area contributed by atoms with E-state index < -0.39 is 30.7 Å². The van der Waals surface area contributed by atoms with Crippen LogP contribution in [0.4, 0.5) is 4.39 Å². The monoisotopic (exact) mass is 452 g/mol. The van der Waals surface area contributed by atoms with Gasteiger partial charge >= 0.3 is 0 Å². The van der Waals surface area contributed by atoms with Crippen LogP contribution in [0, 0.1) is 5.82 Å². The fourth-order valence-electron chi connectivity index (χ4n) is 2.72. The third-order valence-corrected chi connectivity index (χ3v) is 7.74. The van der Waals surface area contributed by atoms with Crippen LogP contribution in [-0.4, -0.2) is 28.8 Å². The van der Waals surface area contributed by atoms with Crippen molar-refractivity contribution in [3.05, 3.63) is 63.9 Å². The fourth-order valence-corrected chi connectivity index (χ4v) is 5.59. The lowest BCUT2D eigenvalue weighted by Gasteiger charge is -2.19. The minimum Gasteiger partial charge on any atom is -0.229 e. The van der Waals surface area contributed by atoms with E-state index in [2.05, 4.69) is 0 Å². The molecule has 2 aromatic rings. The van der Waals surface area contributed by atoms with Gasteiger partial charge in [-0.1, -0.05) is 29.6 Å². The summed E-state index contributed by atoms with van der Waals surface area (Å²) in [5.74, 6) is -0.733. The zero-order valence-electron chi connectivity index (χ0n) is 14.5. The molecule has 4 nitrogen and oxygen atoms in total. The second kappa shape index (κ2) is 8.90. The van der Waals surface area contributed by atoms with Gasteiger partial charge in [-0.25, -0.2) is 21.2 Å². The first kappa shape index (κ1) is 22.1. The number of halogens is 3. The molecule has 2 rings (SSSR count). The van der Waals surface area contributed by atoms with Crippen molar-refractivity contribution >= 4 is 42.9 Å². The molecular weight excluding hydrogens is 434 g/mol. The first-order valence-corrected chi connectivity index (χ1v) is 12.5. The van der Waals surface area contributed by atoms with E-state index in [9.17, 15) is 21.2 Å². The van der Waals surface area contributed by atoms with Crippen molar-refractivity contribution in [3.63, 3.8) is 0 Å². The Morgan fingerprint density at radius 2 is 1.52 bits per heavy atom. The van der Waals surface area contributed by atoms with E-state index in [1.165, 1.54) is 36.4 Å². The third-order valence-electron chi connectivity index (χ3n) is 4.05. The summed E-state index contributed by atoms with van der Waals surface area (Å²) in [6.07, 6.45) is 1.77. The van der Waals surface area contributed by atoms with Crippen molar-refractivity contribution in [2.75, 3.05) is 12.0 Å². The summed E-state index contributed by atoms with van der Waals surface area (Å²) in [6, 6.07) is 9.39. The lowest BCUT2D eigenvalue weighted by molar-refractivity contribution is 0.550. The van der Waals surface area contributed by atoms with Crippen LogP contribution in [0.2, 0.25) is 10.0 Å². The zero-order chi connectivity index (χ0) is 20.2. The molecule has 9 heteroatoms. The van der Waals surface area contributed by atoms with Crippen LogP contribution in [0.3, 0.4) is 0 Å². The van der Waals surface area contributed by atoms with Gasteiger partial charge in [-0.2, -0.15) is 0 Å². The SMILES string of the molecule is CS(=O)(=O)CCCCC(c1cc(Cl)ccc1F)S(=O)(=O)c1ccc(Cl)cc1. The Kier molecular flexibility index (Phi) is 7.30. The van der Waals surface area contributed by atoms with Crippen molar-refractivity contribution in [3.8, 4) is 0 Å². The standard InChI is InChI=1S/C18H19Cl2FO4S2/c1-26(22,23)11-3-2-4-18(16-12-14(20)7-10-17(16)21)27(24,25)15-8-5-13(19)6-9-15/h5-10,12,18H,2-4,11H2,1H3. The van der Waals surface area contributed by atoms with E-state index in [0.717, 1.165) is 12.3 Å². The van der Waals surface area contributed by atoms with Crippen molar-refractivity contribution in [2.45, 2.75) is 29.4 Å². The molecule has 0 radical (unpaired) electrons. The van der Waals surface area contributed by atoms with Crippen LogP contribution in [0.1, 0.15) is 30.1 Å². The number of sulfone groups is 2. The van der Waals surface area contributed by atoms with E-state index in [4.69, 9.17) is 23.2 Å². The highest BCUT2D eigenvalue weighted by molar-refractivity contribution is 7.91. The van der Waals surface area contributed by atoms with Crippen molar-refractivity contribution in [1.29, 1.82) is 0 Å². The van der Waals surface area contributed by atoms with Crippen molar-refractivity contribution in [2.24, 2.45) is 0 Å². The van der Waals surface area contributed by atoms with Crippen LogP contribution < -0.4 is 0 Å². The molecule has 0 bridgehead atoms. The lowest BCUT2D eigenvalue weighted by atomic mass is 10.1. The van der Waals surface area contributed by atoms with Crippen LogP contribution in [0.5, 0.6) is 0 Å². The number of hydrogen-bond donors (Lipinski definition) is 0. The Labute approximate surface area is 169 Å². The Morgan fingerprint density at radius 1 is 0.926 bits per heavy atom. The largest absolute Gasteiger partial charge is 0.229 e. The smallest absolute Gasteiger partial charge is 0.185 e. The third kappa shape index (κ3) is 6.17. The van der Waals surface area contributed by atoms with E-state index in [-0.39, 0.29) is 34.1 Å². The highest BCUT2D eigenvalue weighted by Crippen LogP contribution is 2.36. The van der Waals surface area contributed by atoms with Gasteiger partial charge < -0.3 is 0 Å². The molecule has 27 heavy (non-hydrogen) atoms. The number of hydrogen-bond acceptors (Lipinski definition) is 4. The van der Waals surface area contributed by atoms with Crippen LogP contribution in [0.15, 0.2) is 47.4 Å². The molecule has 0 aliphatic carbocycles. The van der Waals surface area contributed by atoms with Gasteiger partial charge in [0, 0.05) is 27.6 Å². The average molecular weight is 453 g/mol. The molecule has 0 aromatic heterocycles. The first-order chi connectivity index (χ1) is 12.5. The van der Waals surface area contributed by atoms with Crippen LogP contribution in [-0.2, 0) is 19.7 Å². The number of unbranched alkanes of at least 4 members (excludes halogenated alkanes) is 1. The zero-order valence-corrected chi connectivity index (χ0v) is 17.7. The molecule has 148 valence electrons. The molecule has 0 aliphatic heterocycles. The quantitative estimate of drug-likeness (QED) is 0.536. The van der Waals surface area contributed by atoms with Gasteiger partial charge in [-0.15, -0.1) is 0 Å². The molecule has 0 aliphatic rings. The second-order valence-corrected chi connectivity index (χ2v) is 11.5. The highest BCUT2D eigenvalue weighted by atomic mass is 35.5. The summed E-state index contributed by atoms with van der Waals surface area (Å²) in [6.45, 7) is 0. The minimum atomic E-state index is -3.93. The molecule has 0 N–H and O–H groups in total. The highest BCUT2D eigenvalue weighted by Gasteiger charge is 2.31. The van der Waals surface area contributed by atoms with Crippen molar-refractivity contribution < 1.29 is 21.2 Å². The fraction of sp³-hybridized carbons (Fsp3) is 0.333. The Balaban J connectivity index is 2.39. The maximum atomic E-state index is 14.4. The van der Waals surface area contributed by atoms with Gasteiger partial charge in [-0.3, -0.25) is 0 Å². The molecule has 0 amide bonds. The van der Waals surface area contributed by atoms with Gasteiger partial charge in [0.1, 0.15) is 15.7 Å². The molecule has 1 unspecified atom stereocenters. The number of benzene rings is 2. The molecule has 0 spiro atoms. The molecule has 0 fully saturated rings. The van der Waals surface area contributed by atoms with Crippen LogP contribution in [0.25, 0.3) is 0 Å².